The van der Waals surface area contributed by atoms with Crippen LogP contribution in [-0.2, 0) is 0 Å². The summed E-state index contributed by atoms with van der Waals surface area (Å²) in [6.45, 7) is 0.225. The van der Waals surface area contributed by atoms with Crippen LogP contribution < -0.4 is 4.90 Å². The molecule has 2 rings (SSSR count). The second-order valence-corrected chi connectivity index (χ2v) is 4.27. The van der Waals surface area contributed by atoms with Gasteiger partial charge in [-0.1, -0.05) is 18.2 Å². The van der Waals surface area contributed by atoms with Crippen LogP contribution in [0, 0.1) is 34.3 Å². The highest BCUT2D eigenvalue weighted by Gasteiger charge is 2.19. The molecule has 0 atom stereocenters. The van der Waals surface area contributed by atoms with E-state index in [1.54, 1.807) is 30.3 Å². The molecule has 0 N–H and O–H groups in total. The number of rotatable bonds is 4. The lowest BCUT2D eigenvalue weighted by Crippen LogP contribution is -2.20. The van der Waals surface area contributed by atoms with Crippen LogP contribution in [0.2, 0.25) is 0 Å². The summed E-state index contributed by atoms with van der Waals surface area (Å²) in [5.41, 5.74) is 0.313. The van der Waals surface area contributed by atoms with Crippen LogP contribution in [0.1, 0.15) is 12.0 Å². The van der Waals surface area contributed by atoms with Gasteiger partial charge < -0.3 is 4.90 Å². The highest BCUT2D eigenvalue weighted by molar-refractivity contribution is 5.64. The molecule has 0 heterocycles. The Balaban J connectivity index is 2.50. The standard InChI is InChI=1S/C16H11F2N3/c17-15-12(11-20)7-8-14(16(15)18)21(10-4-9-19)13-5-2-1-3-6-13/h1-3,5-8H,4,10H2. The quantitative estimate of drug-likeness (QED) is 0.855. The van der Waals surface area contributed by atoms with Crippen LogP contribution in [0.4, 0.5) is 20.2 Å². The van der Waals surface area contributed by atoms with E-state index in [2.05, 4.69) is 0 Å². The number of para-hydroxylation sites is 1. The number of hydrogen-bond donors (Lipinski definition) is 0. The third-order valence-corrected chi connectivity index (χ3v) is 2.99. The Morgan fingerprint density at radius 2 is 1.67 bits per heavy atom. The second-order valence-electron chi connectivity index (χ2n) is 4.27. The molecule has 0 aromatic heterocycles. The SMILES string of the molecule is N#CCCN(c1ccccc1)c1ccc(C#N)c(F)c1F. The first-order valence-corrected chi connectivity index (χ1v) is 6.26. The van der Waals surface area contributed by atoms with Crippen LogP contribution in [-0.4, -0.2) is 6.54 Å². The molecule has 21 heavy (non-hydrogen) atoms. The highest BCUT2D eigenvalue weighted by Crippen LogP contribution is 2.30. The molecule has 0 fully saturated rings. The summed E-state index contributed by atoms with van der Waals surface area (Å²) < 4.78 is 27.9. The zero-order valence-corrected chi connectivity index (χ0v) is 11.1. The number of nitriles is 2. The molecule has 0 amide bonds. The first kappa shape index (κ1) is 14.5. The van der Waals surface area contributed by atoms with E-state index < -0.39 is 11.6 Å². The summed E-state index contributed by atoms with van der Waals surface area (Å²) in [5.74, 6) is -2.26. The molecule has 0 unspecified atom stereocenters. The van der Waals surface area contributed by atoms with E-state index in [0.29, 0.717) is 5.69 Å². The molecule has 3 nitrogen and oxygen atoms in total. The van der Waals surface area contributed by atoms with E-state index in [0.717, 1.165) is 0 Å². The van der Waals surface area contributed by atoms with Crippen LogP contribution in [0.3, 0.4) is 0 Å². The van der Waals surface area contributed by atoms with Gasteiger partial charge in [0, 0.05) is 12.2 Å². The minimum atomic E-state index is -1.17. The van der Waals surface area contributed by atoms with Gasteiger partial charge in [-0.2, -0.15) is 10.5 Å². The molecule has 0 bridgehead atoms. The summed E-state index contributed by atoms with van der Waals surface area (Å²) in [7, 11) is 0. The summed E-state index contributed by atoms with van der Waals surface area (Å²) in [6, 6.07) is 15.0. The van der Waals surface area contributed by atoms with Crippen molar-refractivity contribution in [2.75, 3.05) is 11.4 Å². The predicted octanol–water partition coefficient (Wildman–Crippen LogP) is 3.89. The van der Waals surface area contributed by atoms with E-state index in [4.69, 9.17) is 10.5 Å². The van der Waals surface area contributed by atoms with E-state index in [1.807, 2.05) is 12.1 Å². The van der Waals surface area contributed by atoms with Gasteiger partial charge in [0.25, 0.3) is 0 Å². The molecule has 2 aromatic carbocycles. The molecular weight excluding hydrogens is 272 g/mol. The Kier molecular flexibility index (Phi) is 4.48. The third-order valence-electron chi connectivity index (χ3n) is 2.99. The van der Waals surface area contributed by atoms with Crippen LogP contribution in [0.15, 0.2) is 42.5 Å². The molecule has 0 saturated heterocycles. The lowest BCUT2D eigenvalue weighted by Gasteiger charge is -2.24. The van der Waals surface area contributed by atoms with Gasteiger partial charge in [0.2, 0.25) is 0 Å². The number of benzene rings is 2. The van der Waals surface area contributed by atoms with Gasteiger partial charge in [-0.3, -0.25) is 0 Å². The maximum Gasteiger partial charge on any atom is 0.183 e. The molecule has 5 heteroatoms. The van der Waals surface area contributed by atoms with Gasteiger partial charge in [0.1, 0.15) is 6.07 Å². The van der Waals surface area contributed by atoms with Gasteiger partial charge in [0.05, 0.1) is 23.7 Å². The Morgan fingerprint density at radius 3 is 2.29 bits per heavy atom. The lowest BCUT2D eigenvalue weighted by atomic mass is 10.1. The number of halogens is 2. The molecule has 2 aromatic rings. The fourth-order valence-electron chi connectivity index (χ4n) is 1.99. The Hall–Kier alpha value is -2.92. The average Bonchev–Trinajstić information content (AvgIpc) is 2.52. The van der Waals surface area contributed by atoms with E-state index >= 15 is 0 Å². The third kappa shape index (κ3) is 2.98. The number of nitrogens with zero attached hydrogens (tertiary/aromatic N) is 3. The minimum Gasteiger partial charge on any atom is -0.338 e. The summed E-state index contributed by atoms with van der Waals surface area (Å²) in [5, 5.41) is 17.4. The molecule has 0 spiro atoms. The molecule has 0 aliphatic rings. The Labute approximate surface area is 121 Å². The maximum absolute atomic E-state index is 14.2. The van der Waals surface area contributed by atoms with Crippen LogP contribution in [0.25, 0.3) is 0 Å². The molecule has 0 radical (unpaired) electrons. The largest absolute Gasteiger partial charge is 0.338 e. The van der Waals surface area contributed by atoms with Crippen molar-refractivity contribution >= 4 is 11.4 Å². The van der Waals surface area contributed by atoms with Gasteiger partial charge >= 0.3 is 0 Å². The molecule has 0 saturated carbocycles. The minimum absolute atomic E-state index is 0.00736. The fraction of sp³-hybridized carbons (Fsp3) is 0.125. The zero-order valence-electron chi connectivity index (χ0n) is 11.1. The lowest BCUT2D eigenvalue weighted by molar-refractivity contribution is 0.506. The van der Waals surface area contributed by atoms with E-state index in [9.17, 15) is 8.78 Å². The van der Waals surface area contributed by atoms with Crippen molar-refractivity contribution in [3.05, 3.63) is 59.7 Å². The number of anilines is 2. The second kappa shape index (κ2) is 6.49. The average molecular weight is 283 g/mol. The van der Waals surface area contributed by atoms with Crippen LogP contribution in [0.5, 0.6) is 0 Å². The van der Waals surface area contributed by atoms with Crippen LogP contribution >= 0.6 is 0 Å². The smallest absolute Gasteiger partial charge is 0.183 e. The Bertz CT molecular complexity index is 715. The predicted molar refractivity (Wildman–Crippen MR) is 74.8 cm³/mol. The van der Waals surface area contributed by atoms with E-state index in [-0.39, 0.29) is 24.2 Å². The molecule has 0 aliphatic heterocycles. The normalized spacial score (nSPS) is 9.71. The molecular formula is C16H11F2N3. The molecule has 104 valence electrons. The van der Waals surface area contributed by atoms with Gasteiger partial charge in [0.15, 0.2) is 11.6 Å². The monoisotopic (exact) mass is 283 g/mol. The first-order valence-electron chi connectivity index (χ1n) is 6.26. The van der Waals surface area contributed by atoms with Gasteiger partial charge in [-0.25, -0.2) is 8.78 Å². The zero-order chi connectivity index (χ0) is 15.2. The summed E-state index contributed by atoms with van der Waals surface area (Å²) >= 11 is 0. The summed E-state index contributed by atoms with van der Waals surface area (Å²) in [4.78, 5) is 1.52. The van der Waals surface area contributed by atoms with Crippen molar-refractivity contribution in [2.45, 2.75) is 6.42 Å². The number of hydrogen-bond acceptors (Lipinski definition) is 3. The van der Waals surface area contributed by atoms with Crippen molar-refractivity contribution in [1.82, 2.24) is 0 Å². The Morgan fingerprint density at radius 1 is 0.952 bits per heavy atom. The first-order chi connectivity index (χ1) is 10.2. The van der Waals surface area contributed by atoms with E-state index in [1.165, 1.54) is 17.0 Å². The van der Waals surface area contributed by atoms with Gasteiger partial charge in [-0.15, -0.1) is 0 Å². The van der Waals surface area contributed by atoms with Crippen molar-refractivity contribution < 1.29 is 8.78 Å². The van der Waals surface area contributed by atoms with Gasteiger partial charge in [-0.05, 0) is 24.3 Å². The summed E-state index contributed by atoms with van der Waals surface area (Å²) in [6.07, 6.45) is 0.163. The highest BCUT2D eigenvalue weighted by atomic mass is 19.2. The maximum atomic E-state index is 14.2. The molecule has 0 aliphatic carbocycles. The fourth-order valence-corrected chi connectivity index (χ4v) is 1.99. The topological polar surface area (TPSA) is 50.8 Å². The van der Waals surface area contributed by atoms with Crippen molar-refractivity contribution in [3.63, 3.8) is 0 Å². The van der Waals surface area contributed by atoms with Crippen molar-refractivity contribution in [2.24, 2.45) is 0 Å². The van der Waals surface area contributed by atoms with Crippen molar-refractivity contribution in [3.8, 4) is 12.1 Å². The van der Waals surface area contributed by atoms with Crippen molar-refractivity contribution in [1.29, 1.82) is 10.5 Å².